The zero-order chi connectivity index (χ0) is 47.8. The number of methoxy groups -OCH3 is 1. The molecule has 2 aromatic carbocycles. The molecule has 0 radical (unpaired) electrons. The summed E-state index contributed by atoms with van der Waals surface area (Å²) in [5.41, 5.74) is 2.04. The molecule has 14 nitrogen and oxygen atoms in total. The van der Waals surface area contributed by atoms with E-state index in [0.717, 1.165) is 12.8 Å². The number of pyridine rings is 1. The van der Waals surface area contributed by atoms with Gasteiger partial charge in [0.15, 0.2) is 10.9 Å². The first-order valence-electron chi connectivity index (χ1n) is 23.3. The number of fused-ring (bicyclic) bond motifs is 3. The molecule has 2 aliphatic carbocycles. The van der Waals surface area contributed by atoms with Crippen LogP contribution in [0.25, 0.3) is 22.3 Å². The summed E-state index contributed by atoms with van der Waals surface area (Å²) >= 11 is 8.30. The number of halogens is 2. The zero-order valence-electron chi connectivity index (χ0n) is 38.6. The van der Waals surface area contributed by atoms with E-state index in [0.29, 0.717) is 76.6 Å². The van der Waals surface area contributed by atoms with Crippen LogP contribution in [0.2, 0.25) is 5.02 Å². The van der Waals surface area contributed by atoms with Crippen molar-refractivity contribution in [3.63, 3.8) is 0 Å². The number of aromatic nitrogens is 2. The minimum atomic E-state index is -4.31. The molecular weight excluding hydrogens is 922 g/mol. The van der Waals surface area contributed by atoms with Crippen molar-refractivity contribution in [2.75, 3.05) is 19.0 Å². The highest BCUT2D eigenvalue weighted by Gasteiger charge is 2.66. The van der Waals surface area contributed by atoms with Crippen LogP contribution in [0.15, 0.2) is 41.8 Å². The van der Waals surface area contributed by atoms with Gasteiger partial charge in [-0.3, -0.25) is 23.7 Å². The summed E-state index contributed by atoms with van der Waals surface area (Å²) in [6.07, 6.45) is 1.57. The van der Waals surface area contributed by atoms with Crippen LogP contribution in [0.5, 0.6) is 11.5 Å². The van der Waals surface area contributed by atoms with Gasteiger partial charge >= 0.3 is 11.9 Å². The lowest BCUT2D eigenvalue weighted by atomic mass is 9.95. The molecule has 360 valence electrons. The highest BCUT2D eigenvalue weighted by atomic mass is 35.5. The van der Waals surface area contributed by atoms with Gasteiger partial charge in [-0.15, -0.1) is 11.3 Å². The molecular formula is C49H59ClFN4O10PS. The number of aryl methyl sites for hydroxylation is 1. The number of Topliss-reactive ketones (excluding diaryl/α,β-unsaturated/α-hetero) is 1. The number of carbonyl (C=O) groups excluding carboxylic acids is 4. The Labute approximate surface area is 399 Å². The Morgan fingerprint density at radius 2 is 1.84 bits per heavy atom. The Morgan fingerprint density at radius 3 is 2.57 bits per heavy atom. The highest BCUT2D eigenvalue weighted by molar-refractivity contribution is 7.59. The van der Waals surface area contributed by atoms with Crippen molar-refractivity contribution in [3.8, 4) is 22.9 Å². The van der Waals surface area contributed by atoms with Gasteiger partial charge in [0.05, 0.1) is 54.6 Å². The first kappa shape index (κ1) is 48.8. The quantitative estimate of drug-likeness (QED) is 0.101. The first-order chi connectivity index (χ1) is 32.0. The number of cyclic esters (lactones) is 1. The van der Waals surface area contributed by atoms with E-state index < -0.39 is 78.7 Å². The lowest BCUT2D eigenvalue weighted by Gasteiger charge is -2.32. The molecule has 2 saturated heterocycles. The highest BCUT2D eigenvalue weighted by Crippen LogP contribution is 2.75. The van der Waals surface area contributed by atoms with E-state index in [-0.39, 0.29) is 60.9 Å². The molecule has 7 atom stereocenters. The lowest BCUT2D eigenvalue weighted by Crippen LogP contribution is -2.48. The third-order valence-electron chi connectivity index (χ3n) is 13.9. The number of hydrogen-bond donors (Lipinski definition) is 2. The predicted molar refractivity (Wildman–Crippen MR) is 253 cm³/mol. The Morgan fingerprint density at radius 1 is 1.07 bits per heavy atom. The summed E-state index contributed by atoms with van der Waals surface area (Å²) in [7, 11) is -2.81. The van der Waals surface area contributed by atoms with Crippen molar-refractivity contribution in [1.82, 2.24) is 14.9 Å². The second-order valence-corrected chi connectivity index (χ2v) is 22.8. The molecule has 1 unspecified atom stereocenters. The molecule has 2 saturated carbocycles. The van der Waals surface area contributed by atoms with E-state index in [9.17, 15) is 19.0 Å². The Hall–Kier alpha value is -4.63. The van der Waals surface area contributed by atoms with E-state index >= 15 is 14.0 Å². The zero-order valence-corrected chi connectivity index (χ0v) is 41.0. The summed E-state index contributed by atoms with van der Waals surface area (Å²) in [5, 5.41) is 5.25. The molecule has 0 spiro atoms. The number of benzene rings is 2. The van der Waals surface area contributed by atoms with Crippen LogP contribution < -0.4 is 14.8 Å². The molecule has 4 fully saturated rings. The lowest BCUT2D eigenvalue weighted by molar-refractivity contribution is -0.163. The van der Waals surface area contributed by atoms with Crippen LogP contribution in [-0.4, -0.2) is 92.6 Å². The Bertz CT molecular complexity index is 2570. The second kappa shape index (κ2) is 20.1. The minimum Gasteiger partial charge on any atom is -0.495 e. The van der Waals surface area contributed by atoms with Crippen LogP contribution in [0.4, 0.5) is 9.52 Å². The number of anilines is 1. The van der Waals surface area contributed by atoms with E-state index in [1.54, 1.807) is 44.2 Å². The third-order valence-corrected chi connectivity index (χ3v) is 17.9. The van der Waals surface area contributed by atoms with Crippen molar-refractivity contribution in [2.45, 2.75) is 146 Å². The minimum absolute atomic E-state index is 0.0108. The number of amides is 1. The fraction of sp³-hybridized carbons (Fsp3) is 0.551. The molecule has 4 heterocycles. The van der Waals surface area contributed by atoms with Gasteiger partial charge in [0.2, 0.25) is 13.3 Å². The Balaban J connectivity index is 1.17. The number of nitrogens with zero attached hydrogens (tertiary/aromatic N) is 3. The smallest absolute Gasteiger partial charge is 0.307 e. The van der Waals surface area contributed by atoms with Crippen LogP contribution in [0, 0.1) is 24.6 Å². The maximum Gasteiger partial charge on any atom is 0.307 e. The van der Waals surface area contributed by atoms with Gasteiger partial charge in [0.25, 0.3) is 0 Å². The van der Waals surface area contributed by atoms with Gasteiger partial charge in [-0.1, -0.05) is 30.2 Å². The van der Waals surface area contributed by atoms with Gasteiger partial charge in [0, 0.05) is 47.7 Å². The number of thiazole rings is 1. The maximum absolute atomic E-state index is 15.3. The normalized spacial score (nSPS) is 26.0. The van der Waals surface area contributed by atoms with E-state index in [1.165, 1.54) is 29.4 Å². The van der Waals surface area contributed by atoms with Crippen molar-refractivity contribution in [2.24, 2.45) is 11.8 Å². The molecule has 2 aromatic heterocycles. The average molecular weight is 982 g/mol. The molecule has 2 aliphatic heterocycles. The van der Waals surface area contributed by atoms with Gasteiger partial charge in [-0.05, 0) is 102 Å². The summed E-state index contributed by atoms with van der Waals surface area (Å²) in [6.45, 7) is 7.15. The molecule has 4 aliphatic rings. The Kier molecular flexibility index (Phi) is 14.7. The molecule has 0 bridgehead atoms. The predicted octanol–water partition coefficient (Wildman–Crippen LogP) is 9.82. The van der Waals surface area contributed by atoms with E-state index in [2.05, 4.69) is 5.32 Å². The number of ketones is 1. The number of ether oxygens (including phenoxy) is 4. The number of nitrogens with one attached hydrogen (secondary N) is 1. The van der Waals surface area contributed by atoms with Crippen molar-refractivity contribution in [3.05, 3.63) is 63.7 Å². The molecule has 1 amide bonds. The summed E-state index contributed by atoms with van der Waals surface area (Å²) < 4.78 is 54.1. The number of rotatable bonds is 12. The van der Waals surface area contributed by atoms with Crippen molar-refractivity contribution < 1.29 is 52.0 Å². The van der Waals surface area contributed by atoms with Crippen LogP contribution in [-0.2, 0) is 39.4 Å². The van der Waals surface area contributed by atoms with Crippen LogP contribution >= 0.6 is 30.3 Å². The standard InChI is InChI=1S/C49H59ClFN4O10PS/c1-27(2)52-48-54-38(26-67-48)37-21-42(33-17-18-41(62-5)45(50)46(33)53-37)64-32-19-39-40(56)23-49(66(60,61)25-35-28(3)11-10-15-36(35)51)22-30(49)12-6-9-16-43(57)63-29(4)34(47(59)55(39)24-32)20-44(58)65-31-13-7-8-14-31/h10-11,15,17-18,21,26-27,29-32,34,39H,6-9,12-14,16,19-20,22-25H2,1-5H3,(H,52,54)(H,60,61)/t29-,30-,32+,34-,39-,49+/m0/s1. The topological polar surface area (TPSA) is 184 Å². The SMILES string of the molecule is COc1ccc2c(O[C@@H]3C[C@H]4C(=O)C[C@]5(P(=O)(O)Cc6c(C)cccc6F)C[C@@H]5CCCCC(=O)O[C@@H](C)[C@H](CC(=O)OC5CCCC5)C(=O)N4C3)cc(-c3csc(NC(C)C)n3)nc2c1Cl. The average Bonchev–Trinajstić information content (AvgIpc) is 3.69. The van der Waals surface area contributed by atoms with Gasteiger partial charge in [0.1, 0.15) is 46.3 Å². The monoisotopic (exact) mass is 980 g/mol. The molecule has 67 heavy (non-hydrogen) atoms. The van der Waals surface area contributed by atoms with Gasteiger partial charge in [-0.2, -0.15) is 0 Å². The van der Waals surface area contributed by atoms with E-state index in [4.69, 9.17) is 40.5 Å². The second-order valence-electron chi connectivity index (χ2n) is 19.0. The van der Waals surface area contributed by atoms with Crippen LogP contribution in [0.3, 0.4) is 0 Å². The fourth-order valence-electron chi connectivity index (χ4n) is 10.2. The fourth-order valence-corrected chi connectivity index (χ4v) is 14.1. The van der Waals surface area contributed by atoms with Crippen molar-refractivity contribution >= 4 is 70.0 Å². The molecule has 18 heteroatoms. The summed E-state index contributed by atoms with van der Waals surface area (Å²) in [4.78, 5) is 80.3. The number of carbonyl (C=O) groups is 4. The largest absolute Gasteiger partial charge is 0.495 e. The van der Waals surface area contributed by atoms with Crippen LogP contribution in [0.1, 0.15) is 109 Å². The molecule has 8 rings (SSSR count). The number of esters is 2. The van der Waals surface area contributed by atoms with Gasteiger partial charge < -0.3 is 34.1 Å². The summed E-state index contributed by atoms with van der Waals surface area (Å²) in [6, 6.07) is 8.64. The summed E-state index contributed by atoms with van der Waals surface area (Å²) in [5.74, 6) is -3.66. The third kappa shape index (κ3) is 10.5. The molecule has 4 aromatic rings. The maximum atomic E-state index is 15.3. The van der Waals surface area contributed by atoms with Crippen molar-refractivity contribution in [1.29, 1.82) is 0 Å². The molecule has 2 N–H and O–H groups in total. The number of hydrogen-bond acceptors (Lipinski definition) is 13. The first-order valence-corrected chi connectivity index (χ1v) is 26.4. The van der Waals surface area contributed by atoms with E-state index in [1.807, 2.05) is 19.2 Å². The van der Waals surface area contributed by atoms with Gasteiger partial charge in [-0.25, -0.2) is 14.4 Å².